The van der Waals surface area contributed by atoms with Gasteiger partial charge in [-0.2, -0.15) is 0 Å². The average Bonchev–Trinajstić information content (AvgIpc) is 2.75. The number of ketones is 1. The summed E-state index contributed by atoms with van der Waals surface area (Å²) in [7, 11) is 1.90. The van der Waals surface area contributed by atoms with E-state index in [2.05, 4.69) is 4.98 Å². The van der Waals surface area contributed by atoms with Gasteiger partial charge in [-0.15, -0.1) is 0 Å². The predicted octanol–water partition coefficient (Wildman–Crippen LogP) is 1.63. The van der Waals surface area contributed by atoms with Crippen molar-refractivity contribution in [3.05, 3.63) is 106 Å². The minimum absolute atomic E-state index is 0.00840. The summed E-state index contributed by atoms with van der Waals surface area (Å²) in [4.78, 5) is 41.9. The van der Waals surface area contributed by atoms with Crippen LogP contribution in [0, 0.1) is 0 Å². The number of aromatic nitrogens is 2. The molecule has 1 N–H and O–H groups in total. The van der Waals surface area contributed by atoms with Crippen LogP contribution < -0.4 is 11.0 Å². The van der Waals surface area contributed by atoms with E-state index in [4.69, 9.17) is 0 Å². The lowest BCUT2D eigenvalue weighted by Crippen LogP contribution is -2.21. The first kappa shape index (κ1) is 19.3. The van der Waals surface area contributed by atoms with Gasteiger partial charge in [-0.25, -0.2) is 4.79 Å². The van der Waals surface area contributed by atoms with Crippen molar-refractivity contribution in [3.8, 4) is 0 Å². The van der Waals surface area contributed by atoms with Crippen molar-refractivity contribution in [1.29, 1.82) is 0 Å². The summed E-state index contributed by atoms with van der Waals surface area (Å²) >= 11 is 0. The number of fused-ring (bicyclic) bond motifs is 1. The summed E-state index contributed by atoms with van der Waals surface area (Å²) in [6, 6.07) is 18.5. The Bertz CT molecular complexity index is 1360. The normalized spacial score (nSPS) is 10.8. The maximum Gasteiger partial charge on any atom is 0.335 e. The molecule has 0 saturated heterocycles. The summed E-state index contributed by atoms with van der Waals surface area (Å²) in [5.41, 5.74) is 2.12. The van der Waals surface area contributed by atoms with E-state index in [1.165, 1.54) is 30.5 Å². The number of aromatic carboxylic acids is 1. The lowest BCUT2D eigenvalue weighted by molar-refractivity contribution is 0.0697. The highest BCUT2D eigenvalue weighted by Crippen LogP contribution is 2.16. The fourth-order valence-electron chi connectivity index (χ4n) is 3.45. The molecule has 0 radical (unpaired) electrons. The number of carbonyl (C=O) groups excluding carboxylic acids is 1. The number of hydrogen-bond donors (Lipinski definition) is 1. The van der Waals surface area contributed by atoms with Crippen molar-refractivity contribution in [2.24, 2.45) is 0 Å². The first-order valence-corrected chi connectivity index (χ1v) is 9.37. The Morgan fingerprint density at radius 1 is 0.967 bits per heavy atom. The Labute approximate surface area is 172 Å². The molecule has 2 aromatic carbocycles. The number of benzene rings is 2. The van der Waals surface area contributed by atoms with Gasteiger partial charge >= 0.3 is 5.97 Å². The highest BCUT2D eigenvalue weighted by atomic mass is 16.4. The van der Waals surface area contributed by atoms with E-state index < -0.39 is 11.8 Å². The van der Waals surface area contributed by atoms with Crippen LogP contribution >= 0.6 is 0 Å². The second-order valence-corrected chi connectivity index (χ2v) is 7.00. The van der Waals surface area contributed by atoms with Gasteiger partial charge in [-0.05, 0) is 35.9 Å². The molecule has 0 atom stereocenters. The number of para-hydroxylation sites is 1. The van der Waals surface area contributed by atoms with Gasteiger partial charge in [0.25, 0.3) is 0 Å². The Kier molecular flexibility index (Phi) is 5.02. The number of carbonyl (C=O) groups is 2. The third kappa shape index (κ3) is 3.65. The van der Waals surface area contributed by atoms with Gasteiger partial charge in [-0.1, -0.05) is 36.4 Å². The Hall–Kier alpha value is -4.00. The number of carboxylic acids is 1. The van der Waals surface area contributed by atoms with E-state index in [0.717, 1.165) is 11.3 Å². The first-order chi connectivity index (χ1) is 14.4. The summed E-state index contributed by atoms with van der Waals surface area (Å²) < 4.78 is 1.83. The molecule has 0 unspecified atom stereocenters. The lowest BCUT2D eigenvalue weighted by atomic mass is 10.0. The van der Waals surface area contributed by atoms with E-state index in [9.17, 15) is 19.5 Å². The monoisotopic (exact) mass is 396 g/mol. The van der Waals surface area contributed by atoms with Crippen molar-refractivity contribution in [1.82, 2.24) is 9.55 Å². The number of hydrogen-bond acceptors (Lipinski definition) is 4. The summed E-state index contributed by atoms with van der Waals surface area (Å²) in [5, 5.41) is 9.63. The molecule has 0 amide bonds. The Balaban J connectivity index is 1.87. The van der Waals surface area contributed by atoms with Crippen molar-refractivity contribution in [3.63, 3.8) is 0 Å². The van der Waals surface area contributed by atoms with Gasteiger partial charge in [0.05, 0.1) is 28.9 Å². The van der Waals surface area contributed by atoms with Crippen LogP contribution in [0.15, 0.2) is 77.7 Å². The second kappa shape index (κ2) is 7.79. The molecule has 2 aromatic heterocycles. The largest absolute Gasteiger partial charge is 0.478 e. The highest BCUT2D eigenvalue weighted by Gasteiger charge is 2.18. The molecule has 4 rings (SSSR count). The van der Waals surface area contributed by atoms with Crippen LogP contribution in [-0.2, 0) is 6.54 Å². The third-order valence-corrected chi connectivity index (χ3v) is 4.88. The van der Waals surface area contributed by atoms with E-state index in [0.29, 0.717) is 17.4 Å². The van der Waals surface area contributed by atoms with Crippen LogP contribution in [0.2, 0.25) is 0 Å². The summed E-state index contributed by atoms with van der Waals surface area (Å²) in [5.74, 6) is -1.65. The number of rotatable bonds is 5. The number of pyridine rings is 2. The van der Waals surface area contributed by atoms with Crippen LogP contribution in [0.3, 0.4) is 0 Å². The second-order valence-electron chi connectivity index (χ2n) is 7.00. The molecule has 0 saturated carbocycles. The van der Waals surface area contributed by atoms with Crippen LogP contribution in [-0.4, -0.2) is 34.3 Å². The molecule has 146 valence electrons. The highest BCUT2D eigenvalue weighted by molar-refractivity contribution is 6.30. The molecule has 0 fully saturated rings. The van der Waals surface area contributed by atoms with Gasteiger partial charge in [0.1, 0.15) is 0 Å². The lowest BCUT2D eigenvalue weighted by Gasteiger charge is -2.13. The van der Waals surface area contributed by atoms with E-state index >= 15 is 0 Å². The average molecular weight is 396 g/mol. The molecule has 0 aliphatic rings. The molecule has 0 aliphatic heterocycles. The molecule has 0 spiro atoms. The number of nitrogens with zero attached hydrogens (tertiary/aromatic N) is 2. The number of carboxylic acid groups (broad SMARTS) is 1. The smallest absolute Gasteiger partial charge is 0.335 e. The topological polar surface area (TPSA) is 89.3 Å². The molecule has 7 heteroatoms. The quantitative estimate of drug-likeness (QED) is 0.409. The summed E-state index contributed by atoms with van der Waals surface area (Å²) in [6.45, 7) is 0.387. The Morgan fingerprint density at radius 2 is 1.70 bits per heavy atom. The maximum atomic E-state index is 13.1. The van der Waals surface area contributed by atoms with Crippen LogP contribution in [0.5, 0.6) is 0 Å². The van der Waals surface area contributed by atoms with Gasteiger partial charge in [-0.3, -0.25) is 14.6 Å². The fourth-order valence-corrected chi connectivity index (χ4v) is 3.45. The minimum atomic E-state index is -1.13. The molecule has 0 bridgehead atoms. The Morgan fingerprint density at radius 3 is 2.47 bits per heavy atom. The van der Waals surface area contributed by atoms with Crippen LogP contribution in [0.4, 0.5) is 0 Å². The minimum Gasteiger partial charge on any atom is -0.478 e. The SMILES string of the molecule is Bc1cccc(Cn2cc(C(=O)c3cccc(C(=O)O)c3)c(=O)c3ccccc32)n1. The van der Waals surface area contributed by atoms with E-state index in [1.54, 1.807) is 12.1 Å². The fraction of sp³-hybridized carbons (Fsp3) is 0.0435. The van der Waals surface area contributed by atoms with E-state index in [1.807, 2.05) is 42.7 Å². The van der Waals surface area contributed by atoms with Gasteiger partial charge in [0.2, 0.25) is 5.43 Å². The molecule has 0 aliphatic carbocycles. The zero-order valence-electron chi connectivity index (χ0n) is 16.2. The standard InChI is InChI=1S/C23H17BN2O4/c24-20-10-4-7-16(25-20)12-26-13-18(22(28)17-8-1-2-9-19(17)26)21(27)14-5-3-6-15(11-14)23(29)30/h1-11,13H,12,24H2,(H,29,30). The van der Waals surface area contributed by atoms with Crippen LogP contribution in [0.1, 0.15) is 32.0 Å². The molecule has 2 heterocycles. The van der Waals surface area contributed by atoms with Gasteiger partial charge < -0.3 is 9.67 Å². The van der Waals surface area contributed by atoms with Crippen molar-refractivity contribution >= 4 is 36.1 Å². The molecular weight excluding hydrogens is 379 g/mol. The summed E-state index contributed by atoms with van der Waals surface area (Å²) in [6.07, 6.45) is 1.53. The van der Waals surface area contributed by atoms with Gasteiger partial charge in [0, 0.05) is 17.1 Å². The predicted molar refractivity (Wildman–Crippen MR) is 117 cm³/mol. The maximum absolute atomic E-state index is 13.1. The molecule has 4 aromatic rings. The molecule has 6 nitrogen and oxygen atoms in total. The molecular formula is C23H17BN2O4. The molecule has 30 heavy (non-hydrogen) atoms. The first-order valence-electron chi connectivity index (χ1n) is 9.37. The zero-order chi connectivity index (χ0) is 21.3. The van der Waals surface area contributed by atoms with Crippen molar-refractivity contribution in [2.45, 2.75) is 6.54 Å². The van der Waals surface area contributed by atoms with Crippen LogP contribution in [0.25, 0.3) is 10.9 Å². The van der Waals surface area contributed by atoms with Crippen molar-refractivity contribution < 1.29 is 14.7 Å². The zero-order valence-corrected chi connectivity index (χ0v) is 16.2. The van der Waals surface area contributed by atoms with E-state index in [-0.39, 0.29) is 22.1 Å². The van der Waals surface area contributed by atoms with Crippen molar-refractivity contribution in [2.75, 3.05) is 0 Å². The third-order valence-electron chi connectivity index (χ3n) is 4.88. The van der Waals surface area contributed by atoms with Gasteiger partial charge in [0.15, 0.2) is 13.6 Å².